The van der Waals surface area contributed by atoms with E-state index in [0.717, 1.165) is 5.56 Å². The van der Waals surface area contributed by atoms with Gasteiger partial charge in [-0.05, 0) is 12.6 Å². The van der Waals surface area contributed by atoms with Gasteiger partial charge in [-0.25, -0.2) is 0 Å². The molecule has 110 valence electrons. The molecule has 5 heteroatoms. The highest BCUT2D eigenvalue weighted by atomic mass is 16.5. The summed E-state index contributed by atoms with van der Waals surface area (Å²) in [5, 5.41) is 12.3. The fourth-order valence-electron chi connectivity index (χ4n) is 2.51. The zero-order valence-electron chi connectivity index (χ0n) is 11.8. The SMILES string of the molecule is CNC1COCC1C(=O)N(CCO)Cc1ccccc1. The Morgan fingerprint density at radius 3 is 2.80 bits per heavy atom. The average molecular weight is 278 g/mol. The molecule has 1 aromatic rings. The molecule has 0 radical (unpaired) electrons. The van der Waals surface area contributed by atoms with Crippen LogP contribution in [0.4, 0.5) is 0 Å². The van der Waals surface area contributed by atoms with Gasteiger partial charge in [-0.1, -0.05) is 30.3 Å². The van der Waals surface area contributed by atoms with Crippen molar-refractivity contribution in [2.45, 2.75) is 12.6 Å². The van der Waals surface area contributed by atoms with Gasteiger partial charge in [0.25, 0.3) is 0 Å². The summed E-state index contributed by atoms with van der Waals surface area (Å²) >= 11 is 0. The first-order valence-corrected chi connectivity index (χ1v) is 6.95. The lowest BCUT2D eigenvalue weighted by molar-refractivity contribution is -0.137. The number of hydrogen-bond donors (Lipinski definition) is 2. The Balaban J connectivity index is 2.05. The number of amides is 1. The Labute approximate surface area is 119 Å². The Morgan fingerprint density at radius 2 is 2.15 bits per heavy atom. The van der Waals surface area contributed by atoms with Crippen LogP contribution in [0, 0.1) is 5.92 Å². The number of likely N-dealkylation sites (N-methyl/N-ethyl adjacent to an activating group) is 1. The van der Waals surface area contributed by atoms with Crippen LogP contribution in [-0.4, -0.2) is 55.4 Å². The predicted octanol–water partition coefficient (Wildman–Crippen LogP) is 0.242. The summed E-state index contributed by atoms with van der Waals surface area (Å²) in [6, 6.07) is 9.87. The molecule has 5 nitrogen and oxygen atoms in total. The van der Waals surface area contributed by atoms with Crippen molar-refractivity contribution in [2.75, 3.05) is 33.4 Å². The molecule has 0 saturated carbocycles. The van der Waals surface area contributed by atoms with E-state index in [2.05, 4.69) is 5.32 Å². The molecule has 1 fully saturated rings. The van der Waals surface area contributed by atoms with Crippen molar-refractivity contribution in [3.8, 4) is 0 Å². The number of ether oxygens (including phenoxy) is 1. The van der Waals surface area contributed by atoms with E-state index in [1.807, 2.05) is 37.4 Å². The van der Waals surface area contributed by atoms with Gasteiger partial charge in [-0.2, -0.15) is 0 Å². The Bertz CT molecular complexity index is 424. The van der Waals surface area contributed by atoms with Gasteiger partial charge in [0.05, 0.1) is 25.7 Å². The summed E-state index contributed by atoms with van der Waals surface area (Å²) in [4.78, 5) is 14.3. The summed E-state index contributed by atoms with van der Waals surface area (Å²) < 4.78 is 5.39. The number of rotatable bonds is 6. The number of carbonyl (C=O) groups is 1. The van der Waals surface area contributed by atoms with Crippen LogP contribution in [0.5, 0.6) is 0 Å². The minimum Gasteiger partial charge on any atom is -0.395 e. The maximum atomic E-state index is 12.6. The Hall–Kier alpha value is -1.43. The van der Waals surface area contributed by atoms with Crippen LogP contribution in [0.1, 0.15) is 5.56 Å². The first-order chi connectivity index (χ1) is 9.76. The van der Waals surface area contributed by atoms with E-state index >= 15 is 0 Å². The first-order valence-electron chi connectivity index (χ1n) is 6.95. The zero-order valence-corrected chi connectivity index (χ0v) is 11.8. The van der Waals surface area contributed by atoms with Gasteiger partial charge < -0.3 is 20.1 Å². The van der Waals surface area contributed by atoms with Gasteiger partial charge in [0, 0.05) is 19.1 Å². The normalized spacial score (nSPS) is 21.9. The summed E-state index contributed by atoms with van der Waals surface area (Å²) in [6.07, 6.45) is 0. The molecule has 1 aliphatic rings. The zero-order chi connectivity index (χ0) is 14.4. The maximum Gasteiger partial charge on any atom is 0.230 e. The summed E-state index contributed by atoms with van der Waals surface area (Å²) in [5.74, 6) is -0.130. The van der Waals surface area contributed by atoms with Crippen molar-refractivity contribution < 1.29 is 14.6 Å². The third-order valence-corrected chi connectivity index (χ3v) is 3.67. The number of aliphatic hydroxyl groups is 1. The molecule has 0 spiro atoms. The number of benzene rings is 1. The molecule has 2 rings (SSSR count). The minimum atomic E-state index is -0.171. The third-order valence-electron chi connectivity index (χ3n) is 3.67. The van der Waals surface area contributed by atoms with Crippen LogP contribution in [-0.2, 0) is 16.1 Å². The molecule has 0 aliphatic carbocycles. The second-order valence-electron chi connectivity index (χ2n) is 5.01. The molecule has 0 aromatic heterocycles. The van der Waals surface area contributed by atoms with Crippen molar-refractivity contribution in [3.63, 3.8) is 0 Å². The summed E-state index contributed by atoms with van der Waals surface area (Å²) in [7, 11) is 1.84. The number of carbonyl (C=O) groups excluding carboxylic acids is 1. The molecule has 1 aliphatic heterocycles. The fourth-order valence-corrected chi connectivity index (χ4v) is 2.51. The van der Waals surface area contributed by atoms with Crippen LogP contribution in [0.2, 0.25) is 0 Å². The standard InChI is InChI=1S/C15H22N2O3/c1-16-14-11-20-10-13(14)15(19)17(7-8-18)9-12-5-3-2-4-6-12/h2-6,13-14,16,18H,7-11H2,1H3. The van der Waals surface area contributed by atoms with E-state index in [9.17, 15) is 9.90 Å². The van der Waals surface area contributed by atoms with Crippen LogP contribution < -0.4 is 5.32 Å². The highest BCUT2D eigenvalue weighted by molar-refractivity contribution is 5.80. The quantitative estimate of drug-likeness (QED) is 0.782. The van der Waals surface area contributed by atoms with Crippen LogP contribution >= 0.6 is 0 Å². The Kier molecular flexibility index (Phi) is 5.52. The number of hydrogen-bond acceptors (Lipinski definition) is 4. The molecule has 1 heterocycles. The van der Waals surface area contributed by atoms with Crippen molar-refractivity contribution in [1.29, 1.82) is 0 Å². The van der Waals surface area contributed by atoms with Crippen molar-refractivity contribution >= 4 is 5.91 Å². The van der Waals surface area contributed by atoms with E-state index in [-0.39, 0.29) is 24.5 Å². The highest BCUT2D eigenvalue weighted by Gasteiger charge is 2.35. The molecule has 1 aromatic carbocycles. The fraction of sp³-hybridized carbons (Fsp3) is 0.533. The van der Waals surface area contributed by atoms with E-state index < -0.39 is 0 Å². The molecular formula is C15H22N2O3. The average Bonchev–Trinajstić information content (AvgIpc) is 2.95. The lowest BCUT2D eigenvalue weighted by atomic mass is 10.0. The molecule has 2 N–H and O–H groups in total. The lowest BCUT2D eigenvalue weighted by Crippen LogP contribution is -2.45. The smallest absolute Gasteiger partial charge is 0.230 e. The van der Waals surface area contributed by atoms with Gasteiger partial charge in [0.15, 0.2) is 0 Å². The monoisotopic (exact) mass is 278 g/mol. The van der Waals surface area contributed by atoms with E-state index in [1.54, 1.807) is 4.90 Å². The maximum absolute atomic E-state index is 12.6. The number of nitrogens with one attached hydrogen (secondary N) is 1. The lowest BCUT2D eigenvalue weighted by Gasteiger charge is -2.27. The van der Waals surface area contributed by atoms with E-state index in [1.165, 1.54) is 0 Å². The van der Waals surface area contributed by atoms with Gasteiger partial charge in [0.1, 0.15) is 0 Å². The molecule has 1 amide bonds. The van der Waals surface area contributed by atoms with Crippen LogP contribution in [0.25, 0.3) is 0 Å². The molecule has 1 saturated heterocycles. The summed E-state index contributed by atoms with van der Waals surface area (Å²) in [6.45, 7) is 1.84. The van der Waals surface area contributed by atoms with Crippen LogP contribution in [0.15, 0.2) is 30.3 Å². The number of aliphatic hydroxyl groups excluding tert-OH is 1. The van der Waals surface area contributed by atoms with Crippen molar-refractivity contribution in [2.24, 2.45) is 5.92 Å². The first kappa shape index (κ1) is 15.0. The van der Waals surface area contributed by atoms with Gasteiger partial charge >= 0.3 is 0 Å². The molecule has 20 heavy (non-hydrogen) atoms. The summed E-state index contributed by atoms with van der Waals surface area (Å²) in [5.41, 5.74) is 1.06. The largest absolute Gasteiger partial charge is 0.395 e. The van der Waals surface area contributed by atoms with Crippen LogP contribution in [0.3, 0.4) is 0 Å². The number of nitrogens with zero attached hydrogens (tertiary/aromatic N) is 1. The molecular weight excluding hydrogens is 256 g/mol. The van der Waals surface area contributed by atoms with E-state index in [0.29, 0.717) is 26.3 Å². The molecule has 0 bridgehead atoms. The third kappa shape index (κ3) is 3.56. The van der Waals surface area contributed by atoms with Gasteiger partial charge in [0.2, 0.25) is 5.91 Å². The Morgan fingerprint density at radius 1 is 1.40 bits per heavy atom. The molecule has 2 unspecified atom stereocenters. The second-order valence-corrected chi connectivity index (χ2v) is 5.01. The van der Waals surface area contributed by atoms with Gasteiger partial charge in [-0.15, -0.1) is 0 Å². The highest BCUT2D eigenvalue weighted by Crippen LogP contribution is 2.18. The minimum absolute atomic E-state index is 0.0314. The van der Waals surface area contributed by atoms with Crippen molar-refractivity contribution in [3.05, 3.63) is 35.9 Å². The predicted molar refractivity (Wildman–Crippen MR) is 76.1 cm³/mol. The van der Waals surface area contributed by atoms with Gasteiger partial charge in [-0.3, -0.25) is 4.79 Å². The topological polar surface area (TPSA) is 61.8 Å². The second kappa shape index (κ2) is 7.38. The molecule has 2 atom stereocenters. The van der Waals surface area contributed by atoms with E-state index in [4.69, 9.17) is 4.74 Å². The van der Waals surface area contributed by atoms with Crippen molar-refractivity contribution in [1.82, 2.24) is 10.2 Å².